The molecule has 2 aromatic rings. The first-order valence-electron chi connectivity index (χ1n) is 4.88. The average molecular weight is 203 g/mol. The van der Waals surface area contributed by atoms with Gasteiger partial charge in [0.1, 0.15) is 11.5 Å². The summed E-state index contributed by atoms with van der Waals surface area (Å²) in [7, 11) is 0. The van der Waals surface area contributed by atoms with E-state index < -0.39 is 0 Å². The third-order valence-corrected chi connectivity index (χ3v) is 1.97. The molecule has 0 aliphatic rings. The van der Waals surface area contributed by atoms with Gasteiger partial charge in [-0.3, -0.25) is 0 Å². The molecule has 0 aliphatic heterocycles. The Balaban J connectivity index is 1.67. The van der Waals surface area contributed by atoms with Crippen molar-refractivity contribution in [1.29, 1.82) is 0 Å². The number of hydrogen-bond acceptors (Lipinski definition) is 3. The van der Waals surface area contributed by atoms with Crippen molar-refractivity contribution in [1.82, 2.24) is 5.32 Å². The molecule has 0 amide bonds. The normalized spacial score (nSPS) is 11.2. The van der Waals surface area contributed by atoms with E-state index in [1.807, 2.05) is 36.4 Å². The van der Waals surface area contributed by atoms with Crippen LogP contribution in [0.4, 0.5) is 0 Å². The second-order valence-electron chi connectivity index (χ2n) is 3.13. The third kappa shape index (κ3) is 3.14. The molecule has 78 valence electrons. The Labute approximate surface area is 88.4 Å². The summed E-state index contributed by atoms with van der Waals surface area (Å²) in [6.45, 7) is 1.54. The van der Waals surface area contributed by atoms with E-state index in [0.717, 1.165) is 24.6 Å². The topological polar surface area (TPSA) is 38.3 Å². The van der Waals surface area contributed by atoms with Crippen LogP contribution >= 0.6 is 0 Å². The average Bonchev–Trinajstić information content (AvgIpc) is 2.88. The minimum atomic E-state index is 0.746. The van der Waals surface area contributed by atoms with Gasteiger partial charge < -0.3 is 14.2 Å². The van der Waals surface area contributed by atoms with Crippen LogP contribution < -0.4 is 5.32 Å². The van der Waals surface area contributed by atoms with Gasteiger partial charge in [0.05, 0.1) is 19.1 Å². The van der Waals surface area contributed by atoms with Crippen molar-refractivity contribution in [2.75, 3.05) is 6.54 Å². The van der Waals surface area contributed by atoms with Crippen LogP contribution in [-0.2, 0) is 6.54 Å². The molecule has 0 aliphatic carbocycles. The zero-order valence-corrected chi connectivity index (χ0v) is 8.35. The summed E-state index contributed by atoms with van der Waals surface area (Å²) in [4.78, 5) is 0. The van der Waals surface area contributed by atoms with Gasteiger partial charge in [0.15, 0.2) is 0 Å². The molecule has 15 heavy (non-hydrogen) atoms. The van der Waals surface area contributed by atoms with Crippen molar-refractivity contribution in [2.24, 2.45) is 0 Å². The highest BCUT2D eigenvalue weighted by molar-refractivity contribution is 5.42. The zero-order valence-electron chi connectivity index (χ0n) is 8.35. The van der Waals surface area contributed by atoms with E-state index in [2.05, 4.69) is 5.32 Å². The van der Waals surface area contributed by atoms with E-state index in [4.69, 9.17) is 8.83 Å². The Bertz CT molecular complexity index is 387. The summed E-state index contributed by atoms with van der Waals surface area (Å²) < 4.78 is 10.3. The van der Waals surface area contributed by atoms with Gasteiger partial charge in [0.2, 0.25) is 0 Å². The van der Waals surface area contributed by atoms with E-state index in [0.29, 0.717) is 0 Å². The maximum Gasteiger partial charge on any atom is 0.126 e. The summed E-state index contributed by atoms with van der Waals surface area (Å²) in [5, 5.41) is 3.23. The number of rotatable bonds is 5. The quantitative estimate of drug-likeness (QED) is 0.759. The molecule has 0 bridgehead atoms. The Morgan fingerprint density at radius 1 is 1.13 bits per heavy atom. The minimum Gasteiger partial charge on any atom is -0.468 e. The van der Waals surface area contributed by atoms with E-state index >= 15 is 0 Å². The molecule has 3 nitrogen and oxygen atoms in total. The van der Waals surface area contributed by atoms with Gasteiger partial charge in [0.25, 0.3) is 0 Å². The number of nitrogens with one attached hydrogen (secondary N) is 1. The van der Waals surface area contributed by atoms with Gasteiger partial charge in [-0.15, -0.1) is 0 Å². The molecular weight excluding hydrogens is 190 g/mol. The first-order valence-corrected chi connectivity index (χ1v) is 4.88. The van der Waals surface area contributed by atoms with Gasteiger partial charge in [0, 0.05) is 6.54 Å². The highest BCUT2D eigenvalue weighted by atomic mass is 16.3. The standard InChI is InChI=1S/C12H13NO2/c1(4-11-5-2-8-14-11)7-13-10-12-6-3-9-15-12/h1-6,8-9,13H,7,10H2/b4-1+. The minimum absolute atomic E-state index is 0.746. The van der Waals surface area contributed by atoms with Crippen LogP contribution in [0.1, 0.15) is 11.5 Å². The van der Waals surface area contributed by atoms with Crippen molar-refractivity contribution in [3.63, 3.8) is 0 Å². The molecule has 2 heterocycles. The molecule has 1 N–H and O–H groups in total. The molecule has 3 heteroatoms. The first-order chi connectivity index (χ1) is 7.45. The lowest BCUT2D eigenvalue weighted by Gasteiger charge is -1.96. The summed E-state index contributed by atoms with van der Waals surface area (Å²) in [5.41, 5.74) is 0. The summed E-state index contributed by atoms with van der Waals surface area (Å²) >= 11 is 0. The molecule has 0 aromatic carbocycles. The van der Waals surface area contributed by atoms with E-state index in [1.54, 1.807) is 12.5 Å². The van der Waals surface area contributed by atoms with Gasteiger partial charge in [-0.05, 0) is 30.3 Å². The lowest BCUT2D eigenvalue weighted by Crippen LogP contribution is -2.11. The van der Waals surface area contributed by atoms with E-state index in [-0.39, 0.29) is 0 Å². The van der Waals surface area contributed by atoms with Gasteiger partial charge in [-0.2, -0.15) is 0 Å². The van der Waals surface area contributed by atoms with Crippen LogP contribution in [0.25, 0.3) is 6.08 Å². The lowest BCUT2D eigenvalue weighted by atomic mass is 10.4. The van der Waals surface area contributed by atoms with Crippen molar-refractivity contribution in [3.8, 4) is 0 Å². The fraction of sp³-hybridized carbons (Fsp3) is 0.167. The lowest BCUT2D eigenvalue weighted by molar-refractivity contribution is 0.490. The highest BCUT2D eigenvalue weighted by Gasteiger charge is 1.92. The maximum atomic E-state index is 5.18. The van der Waals surface area contributed by atoms with Crippen LogP contribution in [-0.4, -0.2) is 6.54 Å². The maximum absolute atomic E-state index is 5.18. The summed E-state index contributed by atoms with van der Waals surface area (Å²) in [5.74, 6) is 1.82. The van der Waals surface area contributed by atoms with Crippen molar-refractivity contribution in [3.05, 3.63) is 54.4 Å². The number of furan rings is 2. The largest absolute Gasteiger partial charge is 0.468 e. The monoisotopic (exact) mass is 203 g/mol. The Kier molecular flexibility index (Phi) is 3.41. The van der Waals surface area contributed by atoms with Gasteiger partial charge >= 0.3 is 0 Å². The fourth-order valence-electron chi connectivity index (χ4n) is 1.25. The summed E-state index contributed by atoms with van der Waals surface area (Å²) in [6, 6.07) is 7.62. The fourth-order valence-corrected chi connectivity index (χ4v) is 1.25. The second kappa shape index (κ2) is 5.22. The predicted molar refractivity (Wildman–Crippen MR) is 58.2 cm³/mol. The molecule has 0 saturated heterocycles. The van der Waals surface area contributed by atoms with Crippen LogP contribution in [0.15, 0.2) is 51.7 Å². The van der Waals surface area contributed by atoms with Crippen molar-refractivity contribution in [2.45, 2.75) is 6.54 Å². The summed E-state index contributed by atoms with van der Waals surface area (Å²) in [6.07, 6.45) is 7.29. The van der Waals surface area contributed by atoms with E-state index in [9.17, 15) is 0 Å². The Hall–Kier alpha value is -1.74. The Morgan fingerprint density at radius 3 is 2.73 bits per heavy atom. The van der Waals surface area contributed by atoms with Crippen molar-refractivity contribution < 1.29 is 8.83 Å². The van der Waals surface area contributed by atoms with Gasteiger partial charge in [-0.1, -0.05) is 6.08 Å². The highest BCUT2D eigenvalue weighted by Crippen LogP contribution is 2.01. The molecular formula is C12H13NO2. The Morgan fingerprint density at radius 2 is 2.00 bits per heavy atom. The van der Waals surface area contributed by atoms with E-state index in [1.165, 1.54) is 0 Å². The molecule has 2 rings (SSSR count). The van der Waals surface area contributed by atoms with Crippen LogP contribution in [0.3, 0.4) is 0 Å². The van der Waals surface area contributed by atoms with Crippen LogP contribution in [0.2, 0.25) is 0 Å². The molecule has 2 aromatic heterocycles. The van der Waals surface area contributed by atoms with Crippen LogP contribution in [0.5, 0.6) is 0 Å². The van der Waals surface area contributed by atoms with Gasteiger partial charge in [-0.25, -0.2) is 0 Å². The predicted octanol–water partition coefficient (Wildman–Crippen LogP) is 2.68. The SMILES string of the molecule is C(=C\c1ccco1)/CNCc1ccco1. The smallest absolute Gasteiger partial charge is 0.126 e. The molecule has 0 radical (unpaired) electrons. The zero-order chi connectivity index (χ0) is 10.3. The molecule has 0 fully saturated rings. The molecule has 0 saturated carbocycles. The molecule has 0 spiro atoms. The molecule has 0 atom stereocenters. The third-order valence-electron chi connectivity index (χ3n) is 1.97. The van der Waals surface area contributed by atoms with Crippen LogP contribution in [0, 0.1) is 0 Å². The molecule has 0 unspecified atom stereocenters. The first kappa shape index (κ1) is 9.80. The number of hydrogen-bond donors (Lipinski definition) is 1. The second-order valence-corrected chi connectivity index (χ2v) is 3.13. The van der Waals surface area contributed by atoms with Crippen molar-refractivity contribution >= 4 is 6.08 Å².